The van der Waals surface area contributed by atoms with Crippen molar-refractivity contribution in [1.82, 2.24) is 0 Å². The maximum atomic E-state index is 12.5. The van der Waals surface area contributed by atoms with Crippen LogP contribution in [0.1, 0.15) is 0 Å². The molecule has 0 fully saturated rings. The highest BCUT2D eigenvalue weighted by molar-refractivity contribution is 9.12. The largest absolute Gasteiger partial charge is 0.298 e. The molecular weight excluding hydrogens is 230 g/mol. The molecule has 0 amide bonds. The van der Waals surface area contributed by atoms with Gasteiger partial charge in [0.05, 0.1) is 5.57 Å². The molecule has 0 saturated heterocycles. The second-order valence-corrected chi connectivity index (χ2v) is 2.67. The first-order valence-corrected chi connectivity index (χ1v) is 3.85. The van der Waals surface area contributed by atoms with Gasteiger partial charge in [0.15, 0.2) is 6.29 Å². The minimum atomic E-state index is -1.28. The molecule has 0 bridgehead atoms. The molecule has 0 heterocycles. The quantitative estimate of drug-likeness (QED) is 0.417. The Bertz CT molecular complexity index is 243. The van der Waals surface area contributed by atoms with Crippen molar-refractivity contribution in [2.75, 3.05) is 6.67 Å². The minimum absolute atomic E-state index is 0.183. The molecule has 66 valence electrons. The number of halogens is 3. The zero-order valence-corrected chi connectivity index (χ0v) is 7.77. The molecule has 0 aromatic heterocycles. The van der Waals surface area contributed by atoms with Crippen molar-refractivity contribution < 1.29 is 13.6 Å². The van der Waals surface area contributed by atoms with Gasteiger partial charge in [0, 0.05) is 4.48 Å². The SMILES string of the molecule is C=C/C=C(/Br)C(C=O)=C(F)CF. The second-order valence-electron chi connectivity index (χ2n) is 1.82. The molecule has 0 aliphatic heterocycles. The van der Waals surface area contributed by atoms with Gasteiger partial charge in [0.25, 0.3) is 0 Å². The summed E-state index contributed by atoms with van der Waals surface area (Å²) in [4.78, 5) is 10.3. The first kappa shape index (κ1) is 11.2. The molecular formula is C8H7BrF2O. The number of hydrogen-bond donors (Lipinski definition) is 0. The predicted octanol–water partition coefficient (Wildman–Crippen LogP) is 2.84. The van der Waals surface area contributed by atoms with Gasteiger partial charge < -0.3 is 0 Å². The summed E-state index contributed by atoms with van der Waals surface area (Å²) in [6, 6.07) is 0. The average Bonchev–Trinajstić information content (AvgIpc) is 2.06. The summed E-state index contributed by atoms with van der Waals surface area (Å²) in [6.45, 7) is 2.06. The standard InChI is InChI=1S/C8H7BrF2O/c1-2-3-7(9)6(5-12)8(11)4-10/h2-3,5H,1,4H2/b7-3+,8-6?. The normalized spacial score (nSPS) is 13.8. The van der Waals surface area contributed by atoms with Crippen LogP contribution in [0.4, 0.5) is 8.78 Å². The van der Waals surface area contributed by atoms with E-state index in [1.165, 1.54) is 12.2 Å². The van der Waals surface area contributed by atoms with Crippen LogP contribution in [0, 0.1) is 0 Å². The molecule has 4 heteroatoms. The van der Waals surface area contributed by atoms with Gasteiger partial charge in [0.1, 0.15) is 12.5 Å². The first-order valence-electron chi connectivity index (χ1n) is 3.05. The molecule has 0 aromatic rings. The van der Waals surface area contributed by atoms with Gasteiger partial charge in [-0.05, 0) is 22.0 Å². The second kappa shape index (κ2) is 5.83. The molecule has 0 spiro atoms. The van der Waals surface area contributed by atoms with Crippen molar-refractivity contribution in [3.8, 4) is 0 Å². The molecule has 0 unspecified atom stereocenters. The van der Waals surface area contributed by atoms with Crippen LogP contribution in [0.2, 0.25) is 0 Å². The van der Waals surface area contributed by atoms with E-state index in [9.17, 15) is 13.6 Å². The third-order valence-electron chi connectivity index (χ3n) is 1.05. The monoisotopic (exact) mass is 236 g/mol. The fraction of sp³-hybridized carbons (Fsp3) is 0.125. The zero-order chi connectivity index (χ0) is 9.56. The summed E-state index contributed by atoms with van der Waals surface area (Å²) in [7, 11) is 0. The van der Waals surface area contributed by atoms with E-state index in [1.807, 2.05) is 0 Å². The number of rotatable bonds is 4. The van der Waals surface area contributed by atoms with Gasteiger partial charge in [-0.15, -0.1) is 0 Å². The first-order chi connectivity index (χ1) is 5.67. The number of allylic oxidation sites excluding steroid dienone is 5. The van der Waals surface area contributed by atoms with Gasteiger partial charge in [-0.1, -0.05) is 12.7 Å². The highest BCUT2D eigenvalue weighted by atomic mass is 79.9. The van der Waals surface area contributed by atoms with Gasteiger partial charge in [0.2, 0.25) is 0 Å². The lowest BCUT2D eigenvalue weighted by molar-refractivity contribution is -0.104. The molecule has 0 radical (unpaired) electrons. The Morgan fingerprint density at radius 1 is 1.58 bits per heavy atom. The summed E-state index contributed by atoms with van der Waals surface area (Å²) in [6.07, 6.45) is 2.97. The summed E-state index contributed by atoms with van der Waals surface area (Å²) in [5, 5.41) is 0. The highest BCUT2D eigenvalue weighted by Crippen LogP contribution is 2.20. The molecule has 0 aliphatic rings. The Balaban J connectivity index is 4.90. The predicted molar refractivity (Wildman–Crippen MR) is 47.4 cm³/mol. The van der Waals surface area contributed by atoms with Crippen LogP contribution < -0.4 is 0 Å². The smallest absolute Gasteiger partial charge is 0.153 e. The molecule has 0 aliphatic carbocycles. The Kier molecular flexibility index (Phi) is 5.45. The van der Waals surface area contributed by atoms with Crippen molar-refractivity contribution >= 4 is 22.2 Å². The molecule has 0 rings (SSSR count). The molecule has 1 nitrogen and oxygen atoms in total. The van der Waals surface area contributed by atoms with Crippen LogP contribution in [0.25, 0.3) is 0 Å². The minimum Gasteiger partial charge on any atom is -0.298 e. The lowest BCUT2D eigenvalue weighted by atomic mass is 10.2. The Hall–Kier alpha value is -0.770. The fourth-order valence-electron chi connectivity index (χ4n) is 0.515. The Morgan fingerprint density at radius 3 is 2.50 bits per heavy atom. The van der Waals surface area contributed by atoms with E-state index in [4.69, 9.17) is 0 Å². The van der Waals surface area contributed by atoms with Gasteiger partial charge in [-0.2, -0.15) is 0 Å². The van der Waals surface area contributed by atoms with Crippen LogP contribution in [0.5, 0.6) is 0 Å². The number of hydrogen-bond acceptors (Lipinski definition) is 1. The number of carbonyl (C=O) groups is 1. The molecule has 0 atom stereocenters. The lowest BCUT2D eigenvalue weighted by Crippen LogP contribution is -1.91. The van der Waals surface area contributed by atoms with E-state index in [1.54, 1.807) is 0 Å². The summed E-state index contributed by atoms with van der Waals surface area (Å²) in [5.74, 6) is -1.09. The molecule has 0 saturated carbocycles. The van der Waals surface area contributed by atoms with E-state index in [-0.39, 0.29) is 16.3 Å². The van der Waals surface area contributed by atoms with Crippen molar-refractivity contribution in [1.29, 1.82) is 0 Å². The van der Waals surface area contributed by atoms with Crippen molar-refractivity contribution in [2.45, 2.75) is 0 Å². The Labute approximate surface area is 77.6 Å². The van der Waals surface area contributed by atoms with Crippen molar-refractivity contribution in [3.63, 3.8) is 0 Å². The summed E-state index contributed by atoms with van der Waals surface area (Å²) in [5.41, 5.74) is -0.322. The van der Waals surface area contributed by atoms with Crippen molar-refractivity contribution in [3.05, 3.63) is 34.6 Å². The number of carbonyl (C=O) groups excluding carboxylic acids is 1. The van der Waals surface area contributed by atoms with Gasteiger partial charge >= 0.3 is 0 Å². The molecule has 0 aromatic carbocycles. The third kappa shape index (κ3) is 3.09. The van der Waals surface area contributed by atoms with Crippen LogP contribution >= 0.6 is 15.9 Å². The fourth-order valence-corrected chi connectivity index (χ4v) is 1.01. The number of alkyl halides is 1. The van der Waals surface area contributed by atoms with E-state index >= 15 is 0 Å². The lowest BCUT2D eigenvalue weighted by Gasteiger charge is -1.97. The molecule has 0 N–H and O–H groups in total. The van der Waals surface area contributed by atoms with E-state index in [0.29, 0.717) is 0 Å². The van der Waals surface area contributed by atoms with E-state index in [2.05, 4.69) is 22.5 Å². The summed E-state index contributed by atoms with van der Waals surface area (Å²) < 4.78 is 24.5. The highest BCUT2D eigenvalue weighted by Gasteiger charge is 2.07. The van der Waals surface area contributed by atoms with Crippen LogP contribution in [0.3, 0.4) is 0 Å². The van der Waals surface area contributed by atoms with E-state index < -0.39 is 12.5 Å². The maximum Gasteiger partial charge on any atom is 0.153 e. The Morgan fingerprint density at radius 2 is 2.17 bits per heavy atom. The van der Waals surface area contributed by atoms with Crippen molar-refractivity contribution in [2.24, 2.45) is 0 Å². The van der Waals surface area contributed by atoms with E-state index in [0.717, 1.165) is 0 Å². The van der Waals surface area contributed by atoms with Crippen LogP contribution in [-0.2, 0) is 4.79 Å². The topological polar surface area (TPSA) is 17.1 Å². The van der Waals surface area contributed by atoms with Crippen LogP contribution in [-0.4, -0.2) is 13.0 Å². The van der Waals surface area contributed by atoms with Crippen LogP contribution in [0.15, 0.2) is 34.6 Å². The summed E-state index contributed by atoms with van der Waals surface area (Å²) >= 11 is 2.90. The molecule has 12 heavy (non-hydrogen) atoms. The maximum absolute atomic E-state index is 12.5. The van der Waals surface area contributed by atoms with Gasteiger partial charge in [-0.3, -0.25) is 4.79 Å². The van der Waals surface area contributed by atoms with Gasteiger partial charge in [-0.25, -0.2) is 8.78 Å². The zero-order valence-electron chi connectivity index (χ0n) is 6.19. The third-order valence-corrected chi connectivity index (χ3v) is 1.74. The number of aldehydes is 1. The average molecular weight is 237 g/mol.